The number of amides is 1. The number of likely N-dealkylation sites (tertiary alicyclic amines) is 1. The lowest BCUT2D eigenvalue weighted by atomic mass is 10.2. The zero-order chi connectivity index (χ0) is 13.9. The van der Waals surface area contributed by atoms with E-state index in [-0.39, 0.29) is 24.1 Å². The van der Waals surface area contributed by atoms with Gasteiger partial charge >= 0.3 is 0 Å². The lowest BCUT2D eigenvalue weighted by Gasteiger charge is -2.24. The molecule has 1 aliphatic heterocycles. The number of hydrogen-bond acceptors (Lipinski definition) is 3. The maximum Gasteiger partial charge on any atom is 0.250 e. The summed E-state index contributed by atoms with van der Waals surface area (Å²) in [6.45, 7) is 0.907. The summed E-state index contributed by atoms with van der Waals surface area (Å²) < 4.78 is 1.46. The first-order chi connectivity index (χ1) is 9.75. The van der Waals surface area contributed by atoms with Crippen molar-refractivity contribution in [3.8, 4) is 0 Å². The SMILES string of the molecule is O=C(Cn1ccccc1=O)N1CCCC1c1cccs1. The summed E-state index contributed by atoms with van der Waals surface area (Å²) >= 11 is 1.69. The zero-order valence-electron chi connectivity index (χ0n) is 11.1. The van der Waals surface area contributed by atoms with Crippen LogP contribution in [-0.2, 0) is 11.3 Å². The van der Waals surface area contributed by atoms with E-state index in [1.807, 2.05) is 16.3 Å². The molecule has 0 aliphatic carbocycles. The Hall–Kier alpha value is -1.88. The van der Waals surface area contributed by atoms with Crippen LogP contribution in [0.5, 0.6) is 0 Å². The number of carbonyl (C=O) groups is 1. The van der Waals surface area contributed by atoms with Crippen LogP contribution in [0, 0.1) is 0 Å². The highest BCUT2D eigenvalue weighted by Crippen LogP contribution is 2.34. The minimum absolute atomic E-state index is 0.0224. The van der Waals surface area contributed by atoms with E-state index in [1.54, 1.807) is 29.7 Å². The van der Waals surface area contributed by atoms with Gasteiger partial charge in [-0.1, -0.05) is 12.1 Å². The fourth-order valence-electron chi connectivity index (χ4n) is 2.67. The Kier molecular flexibility index (Phi) is 3.69. The van der Waals surface area contributed by atoms with Crippen molar-refractivity contribution in [2.45, 2.75) is 25.4 Å². The molecule has 0 aromatic carbocycles. The molecule has 0 spiro atoms. The van der Waals surface area contributed by atoms with E-state index in [0.717, 1.165) is 19.4 Å². The fraction of sp³-hybridized carbons (Fsp3) is 0.333. The van der Waals surface area contributed by atoms with Crippen LogP contribution in [0.15, 0.2) is 46.7 Å². The second kappa shape index (κ2) is 5.63. The molecule has 1 fully saturated rings. The molecule has 0 saturated carbocycles. The van der Waals surface area contributed by atoms with E-state index in [9.17, 15) is 9.59 Å². The molecular weight excluding hydrogens is 272 g/mol. The first-order valence-corrected chi connectivity index (χ1v) is 7.62. The van der Waals surface area contributed by atoms with Crippen molar-refractivity contribution in [1.82, 2.24) is 9.47 Å². The maximum absolute atomic E-state index is 12.4. The maximum atomic E-state index is 12.4. The molecule has 3 rings (SSSR count). The van der Waals surface area contributed by atoms with Gasteiger partial charge in [-0.2, -0.15) is 0 Å². The van der Waals surface area contributed by atoms with Gasteiger partial charge in [0.25, 0.3) is 5.56 Å². The number of carbonyl (C=O) groups excluding carboxylic acids is 1. The van der Waals surface area contributed by atoms with Crippen LogP contribution >= 0.6 is 11.3 Å². The first-order valence-electron chi connectivity index (χ1n) is 6.74. The molecule has 5 heteroatoms. The zero-order valence-corrected chi connectivity index (χ0v) is 11.9. The van der Waals surface area contributed by atoms with Crippen LogP contribution in [0.4, 0.5) is 0 Å². The van der Waals surface area contributed by atoms with Gasteiger partial charge < -0.3 is 9.47 Å². The van der Waals surface area contributed by atoms with Crippen molar-refractivity contribution < 1.29 is 4.79 Å². The van der Waals surface area contributed by atoms with Crippen LogP contribution < -0.4 is 5.56 Å². The predicted octanol–water partition coefficient (Wildman–Crippen LogP) is 2.27. The third-order valence-corrected chi connectivity index (χ3v) is 4.62. The van der Waals surface area contributed by atoms with Crippen molar-refractivity contribution in [2.24, 2.45) is 0 Å². The summed E-state index contributed by atoms with van der Waals surface area (Å²) in [7, 11) is 0. The van der Waals surface area contributed by atoms with Gasteiger partial charge in [0.15, 0.2) is 0 Å². The summed E-state index contributed by atoms with van der Waals surface area (Å²) in [5.74, 6) is 0.0224. The fourth-order valence-corrected chi connectivity index (χ4v) is 3.54. The van der Waals surface area contributed by atoms with E-state index in [1.165, 1.54) is 15.5 Å². The summed E-state index contributed by atoms with van der Waals surface area (Å²) in [4.78, 5) is 27.3. The van der Waals surface area contributed by atoms with Gasteiger partial charge in [-0.25, -0.2) is 0 Å². The Morgan fingerprint density at radius 1 is 1.30 bits per heavy atom. The molecule has 1 aliphatic rings. The summed E-state index contributed by atoms with van der Waals surface area (Å²) in [5, 5.41) is 2.04. The van der Waals surface area contributed by atoms with Crippen LogP contribution in [0.3, 0.4) is 0 Å². The second-order valence-corrected chi connectivity index (χ2v) is 5.91. The normalized spacial score (nSPS) is 18.4. The molecule has 1 unspecified atom stereocenters. The summed E-state index contributed by atoms with van der Waals surface area (Å²) in [6, 6.07) is 9.22. The van der Waals surface area contributed by atoms with Crippen LogP contribution in [0.25, 0.3) is 0 Å². The van der Waals surface area contributed by atoms with Gasteiger partial charge in [0.1, 0.15) is 6.54 Å². The van der Waals surface area contributed by atoms with Crippen molar-refractivity contribution in [2.75, 3.05) is 6.54 Å². The summed E-state index contributed by atoms with van der Waals surface area (Å²) in [6.07, 6.45) is 3.70. The van der Waals surface area contributed by atoms with Gasteiger partial charge in [0, 0.05) is 23.7 Å². The van der Waals surface area contributed by atoms with Crippen LogP contribution in [0.1, 0.15) is 23.8 Å². The third kappa shape index (κ3) is 2.54. The van der Waals surface area contributed by atoms with E-state index < -0.39 is 0 Å². The molecule has 104 valence electrons. The molecule has 1 saturated heterocycles. The van der Waals surface area contributed by atoms with E-state index in [2.05, 4.69) is 6.07 Å². The Morgan fingerprint density at radius 2 is 2.20 bits per heavy atom. The Bertz CT molecular complexity index is 648. The minimum atomic E-state index is -0.132. The first kappa shape index (κ1) is 13.1. The number of aromatic nitrogens is 1. The van der Waals surface area contributed by atoms with Gasteiger partial charge in [-0.05, 0) is 30.4 Å². The molecule has 2 aromatic heterocycles. The Morgan fingerprint density at radius 3 is 2.95 bits per heavy atom. The van der Waals surface area contributed by atoms with E-state index >= 15 is 0 Å². The largest absolute Gasteiger partial charge is 0.333 e. The molecule has 0 N–H and O–H groups in total. The van der Waals surface area contributed by atoms with Gasteiger partial charge in [-0.15, -0.1) is 11.3 Å². The third-order valence-electron chi connectivity index (χ3n) is 3.65. The molecule has 3 heterocycles. The van der Waals surface area contributed by atoms with Crippen molar-refractivity contribution >= 4 is 17.2 Å². The van der Waals surface area contributed by atoms with Gasteiger partial charge in [0.05, 0.1) is 6.04 Å². The Labute approximate surface area is 121 Å². The second-order valence-electron chi connectivity index (χ2n) is 4.93. The molecule has 2 aromatic rings. The number of rotatable bonds is 3. The molecule has 1 atom stereocenters. The summed E-state index contributed by atoms with van der Waals surface area (Å²) in [5.41, 5.74) is -0.132. The molecular formula is C15H16N2O2S. The number of thiophene rings is 1. The lowest BCUT2D eigenvalue weighted by Crippen LogP contribution is -2.35. The van der Waals surface area contributed by atoms with E-state index in [0.29, 0.717) is 0 Å². The standard InChI is InChI=1S/C15H16N2O2S/c18-14-7-1-2-8-16(14)11-15(19)17-9-3-5-12(17)13-6-4-10-20-13/h1-2,4,6-8,10,12H,3,5,9,11H2. The smallest absolute Gasteiger partial charge is 0.250 e. The average Bonchev–Trinajstić information content (AvgIpc) is 3.11. The van der Waals surface area contributed by atoms with Crippen LogP contribution in [0.2, 0.25) is 0 Å². The van der Waals surface area contributed by atoms with Crippen molar-refractivity contribution in [3.05, 3.63) is 57.1 Å². The highest BCUT2D eigenvalue weighted by atomic mass is 32.1. The van der Waals surface area contributed by atoms with Crippen LogP contribution in [-0.4, -0.2) is 21.9 Å². The van der Waals surface area contributed by atoms with E-state index in [4.69, 9.17) is 0 Å². The molecule has 20 heavy (non-hydrogen) atoms. The molecule has 1 amide bonds. The minimum Gasteiger partial charge on any atom is -0.333 e. The molecule has 4 nitrogen and oxygen atoms in total. The monoisotopic (exact) mass is 288 g/mol. The number of pyridine rings is 1. The number of nitrogens with zero attached hydrogens (tertiary/aromatic N) is 2. The highest BCUT2D eigenvalue weighted by Gasteiger charge is 2.30. The molecule has 0 bridgehead atoms. The average molecular weight is 288 g/mol. The van der Waals surface area contributed by atoms with Crippen molar-refractivity contribution in [1.29, 1.82) is 0 Å². The topological polar surface area (TPSA) is 42.3 Å². The highest BCUT2D eigenvalue weighted by molar-refractivity contribution is 7.10. The molecule has 0 radical (unpaired) electrons. The van der Waals surface area contributed by atoms with Gasteiger partial charge in [-0.3, -0.25) is 9.59 Å². The lowest BCUT2D eigenvalue weighted by molar-refractivity contribution is -0.132. The Balaban J connectivity index is 1.77. The number of hydrogen-bond donors (Lipinski definition) is 0. The van der Waals surface area contributed by atoms with Crippen molar-refractivity contribution in [3.63, 3.8) is 0 Å². The predicted molar refractivity (Wildman–Crippen MR) is 78.7 cm³/mol. The van der Waals surface area contributed by atoms with Gasteiger partial charge in [0.2, 0.25) is 5.91 Å². The quantitative estimate of drug-likeness (QED) is 0.869.